The lowest BCUT2D eigenvalue weighted by atomic mass is 9.91. The number of amides is 1. The molecule has 0 aliphatic carbocycles. The lowest BCUT2D eigenvalue weighted by Crippen LogP contribution is -2.46. The summed E-state index contributed by atoms with van der Waals surface area (Å²) in [5.41, 5.74) is 1.23. The zero-order chi connectivity index (χ0) is 23.4. The number of hydrogen-bond acceptors (Lipinski definition) is 4. The molecule has 11 heteroatoms. The number of nitrogens with one attached hydrogen (secondary N) is 2. The van der Waals surface area contributed by atoms with Crippen LogP contribution in [0.2, 0.25) is 5.02 Å². The third-order valence-electron chi connectivity index (χ3n) is 5.71. The second kappa shape index (κ2) is 12.5. The molecule has 0 radical (unpaired) electrons. The maximum atomic E-state index is 13.2. The molecule has 0 saturated carbocycles. The SMILES string of the molecule is Cl.Cl.O=C(NC(c1ccc(-c2cccnc2)cc1)[C@@H]1CCCCN1)c1nccc(C(F)(F)F)c1Cl. The van der Waals surface area contributed by atoms with E-state index in [1.807, 2.05) is 36.4 Å². The van der Waals surface area contributed by atoms with E-state index in [1.165, 1.54) is 0 Å². The fourth-order valence-corrected chi connectivity index (χ4v) is 4.33. The molecule has 4 rings (SSSR count). The van der Waals surface area contributed by atoms with E-state index in [4.69, 9.17) is 11.6 Å². The van der Waals surface area contributed by atoms with E-state index < -0.39 is 34.4 Å². The molecular weight excluding hydrogens is 524 g/mol. The number of halogens is 6. The molecule has 1 saturated heterocycles. The minimum absolute atomic E-state index is 0. The molecule has 1 aliphatic rings. The number of hydrogen-bond donors (Lipinski definition) is 2. The molecule has 1 fully saturated rings. The van der Waals surface area contributed by atoms with Gasteiger partial charge in [-0.3, -0.25) is 9.78 Å². The number of nitrogens with zero attached hydrogens (tertiary/aromatic N) is 2. The first-order valence-electron chi connectivity index (χ1n) is 10.6. The Morgan fingerprint density at radius 2 is 1.80 bits per heavy atom. The van der Waals surface area contributed by atoms with Gasteiger partial charge in [0.1, 0.15) is 5.69 Å². The van der Waals surface area contributed by atoms with Crippen LogP contribution in [0.3, 0.4) is 0 Å². The van der Waals surface area contributed by atoms with Gasteiger partial charge in [-0.15, -0.1) is 24.8 Å². The minimum Gasteiger partial charge on any atom is -0.342 e. The molecule has 2 aromatic heterocycles. The fourth-order valence-electron chi connectivity index (χ4n) is 4.03. The van der Waals surface area contributed by atoms with Gasteiger partial charge in [0.15, 0.2) is 0 Å². The number of rotatable bonds is 5. The van der Waals surface area contributed by atoms with Crippen LogP contribution in [0.15, 0.2) is 61.1 Å². The van der Waals surface area contributed by atoms with Crippen LogP contribution in [-0.2, 0) is 6.18 Å². The quantitative estimate of drug-likeness (QED) is 0.395. The number of pyridine rings is 2. The van der Waals surface area contributed by atoms with Gasteiger partial charge in [-0.05, 0) is 48.2 Å². The molecule has 35 heavy (non-hydrogen) atoms. The first kappa shape index (κ1) is 28.8. The third-order valence-corrected chi connectivity index (χ3v) is 6.09. The summed E-state index contributed by atoms with van der Waals surface area (Å²) in [7, 11) is 0. The Morgan fingerprint density at radius 3 is 2.40 bits per heavy atom. The Balaban J connectivity index is 0.00000216. The normalized spacial score (nSPS) is 16.4. The lowest BCUT2D eigenvalue weighted by Gasteiger charge is -2.32. The van der Waals surface area contributed by atoms with Crippen LogP contribution in [0.1, 0.15) is 46.9 Å². The van der Waals surface area contributed by atoms with Gasteiger partial charge in [0, 0.05) is 24.6 Å². The first-order chi connectivity index (χ1) is 15.8. The molecule has 0 spiro atoms. The summed E-state index contributed by atoms with van der Waals surface area (Å²) in [6.07, 6.45) is 2.56. The second-order valence-electron chi connectivity index (χ2n) is 7.89. The van der Waals surface area contributed by atoms with Crippen LogP contribution in [0.4, 0.5) is 13.2 Å². The van der Waals surface area contributed by atoms with Gasteiger partial charge in [-0.25, -0.2) is 4.98 Å². The Labute approximate surface area is 218 Å². The number of alkyl halides is 3. The topological polar surface area (TPSA) is 66.9 Å². The van der Waals surface area contributed by atoms with E-state index in [1.54, 1.807) is 12.4 Å². The van der Waals surface area contributed by atoms with Crippen LogP contribution in [0.25, 0.3) is 11.1 Å². The molecule has 2 N–H and O–H groups in total. The highest BCUT2D eigenvalue weighted by atomic mass is 35.5. The Kier molecular flexibility index (Phi) is 10.3. The zero-order valence-electron chi connectivity index (χ0n) is 18.4. The average Bonchev–Trinajstić information content (AvgIpc) is 2.83. The highest BCUT2D eigenvalue weighted by Crippen LogP contribution is 2.36. The van der Waals surface area contributed by atoms with Crippen molar-refractivity contribution in [2.45, 2.75) is 37.5 Å². The van der Waals surface area contributed by atoms with Gasteiger partial charge >= 0.3 is 6.18 Å². The van der Waals surface area contributed by atoms with Gasteiger partial charge in [0.2, 0.25) is 0 Å². The van der Waals surface area contributed by atoms with E-state index in [9.17, 15) is 18.0 Å². The van der Waals surface area contributed by atoms with Crippen LogP contribution in [-0.4, -0.2) is 28.5 Å². The fraction of sp³-hybridized carbons (Fsp3) is 0.292. The molecule has 5 nitrogen and oxygen atoms in total. The van der Waals surface area contributed by atoms with Crippen molar-refractivity contribution in [2.75, 3.05) is 6.54 Å². The molecule has 3 aromatic rings. The summed E-state index contributed by atoms with van der Waals surface area (Å²) in [6.45, 7) is 0.799. The summed E-state index contributed by atoms with van der Waals surface area (Å²) < 4.78 is 39.7. The Hall–Kier alpha value is -2.39. The van der Waals surface area contributed by atoms with Crippen molar-refractivity contribution in [3.8, 4) is 11.1 Å². The van der Waals surface area contributed by atoms with Crippen molar-refractivity contribution in [1.29, 1.82) is 0 Å². The molecule has 1 aliphatic heterocycles. The summed E-state index contributed by atoms with van der Waals surface area (Å²) in [4.78, 5) is 21.0. The summed E-state index contributed by atoms with van der Waals surface area (Å²) in [6, 6.07) is 11.7. The molecule has 1 aromatic carbocycles. The van der Waals surface area contributed by atoms with Crippen molar-refractivity contribution in [3.05, 3.63) is 82.9 Å². The minimum atomic E-state index is -4.68. The maximum absolute atomic E-state index is 13.2. The molecule has 0 bridgehead atoms. The van der Waals surface area contributed by atoms with Gasteiger partial charge in [-0.1, -0.05) is 48.4 Å². The predicted molar refractivity (Wildman–Crippen MR) is 134 cm³/mol. The summed E-state index contributed by atoms with van der Waals surface area (Å²) in [5.74, 6) is -0.750. The molecule has 1 amide bonds. The first-order valence-corrected chi connectivity index (χ1v) is 11.0. The number of carbonyl (C=O) groups is 1. The van der Waals surface area contributed by atoms with Crippen molar-refractivity contribution in [3.63, 3.8) is 0 Å². The second-order valence-corrected chi connectivity index (χ2v) is 8.27. The molecule has 3 heterocycles. The zero-order valence-corrected chi connectivity index (χ0v) is 20.8. The standard InChI is InChI=1S/C24H22ClF3N4O.2ClH/c25-20-18(24(26,27)28)10-13-31-22(20)23(33)32-21(19-5-1-2-12-30-19)16-8-6-15(7-9-16)17-4-3-11-29-14-17;;/h3-4,6-11,13-14,19,21,30H,1-2,5,12H2,(H,32,33);2*1H/t19-,21?;;/m0../s1. The number of carbonyl (C=O) groups excluding carboxylic acids is 1. The van der Waals surface area contributed by atoms with Crippen molar-refractivity contribution in [2.24, 2.45) is 0 Å². The van der Waals surface area contributed by atoms with Gasteiger partial charge in [0.05, 0.1) is 16.6 Å². The van der Waals surface area contributed by atoms with Crippen LogP contribution in [0, 0.1) is 0 Å². The molecular formula is C24H24Cl3F3N4O. The van der Waals surface area contributed by atoms with E-state index in [-0.39, 0.29) is 30.9 Å². The largest absolute Gasteiger partial charge is 0.417 e. The monoisotopic (exact) mass is 546 g/mol. The maximum Gasteiger partial charge on any atom is 0.417 e. The van der Waals surface area contributed by atoms with Gasteiger partial charge in [0.25, 0.3) is 5.91 Å². The van der Waals surface area contributed by atoms with E-state index in [0.29, 0.717) is 0 Å². The lowest BCUT2D eigenvalue weighted by molar-refractivity contribution is -0.137. The average molecular weight is 548 g/mol. The van der Waals surface area contributed by atoms with Crippen molar-refractivity contribution in [1.82, 2.24) is 20.6 Å². The highest BCUT2D eigenvalue weighted by Gasteiger charge is 2.36. The van der Waals surface area contributed by atoms with Crippen molar-refractivity contribution >= 4 is 42.3 Å². The molecule has 2 atom stereocenters. The van der Waals surface area contributed by atoms with Gasteiger partial charge in [-0.2, -0.15) is 13.2 Å². The van der Waals surface area contributed by atoms with E-state index >= 15 is 0 Å². The third kappa shape index (κ3) is 6.85. The van der Waals surface area contributed by atoms with Crippen molar-refractivity contribution < 1.29 is 18.0 Å². The van der Waals surface area contributed by atoms with E-state index in [2.05, 4.69) is 20.6 Å². The summed E-state index contributed by atoms with van der Waals surface area (Å²) in [5, 5.41) is 5.58. The van der Waals surface area contributed by atoms with Crippen LogP contribution < -0.4 is 10.6 Å². The Bertz CT molecular complexity index is 1110. The smallest absolute Gasteiger partial charge is 0.342 e. The number of benzene rings is 1. The van der Waals surface area contributed by atoms with E-state index in [0.717, 1.165) is 54.8 Å². The van der Waals surface area contributed by atoms with Crippen LogP contribution in [0.5, 0.6) is 0 Å². The van der Waals surface area contributed by atoms with Crippen LogP contribution >= 0.6 is 36.4 Å². The summed E-state index contributed by atoms with van der Waals surface area (Å²) >= 11 is 5.93. The number of piperidine rings is 1. The predicted octanol–water partition coefficient (Wildman–Crippen LogP) is 6.27. The Morgan fingerprint density at radius 1 is 1.06 bits per heavy atom. The van der Waals surface area contributed by atoms with Gasteiger partial charge < -0.3 is 10.6 Å². The highest BCUT2D eigenvalue weighted by molar-refractivity contribution is 6.34. The number of aromatic nitrogens is 2. The molecule has 1 unspecified atom stereocenters. The molecule has 188 valence electrons.